The molecule has 0 unspecified atom stereocenters. The molecule has 0 bridgehead atoms. The number of carbonyl (C=O) groups is 2. The fourth-order valence-electron chi connectivity index (χ4n) is 2.32. The van der Waals surface area contributed by atoms with Gasteiger partial charge in [-0.1, -0.05) is 30.3 Å². The van der Waals surface area contributed by atoms with Crippen molar-refractivity contribution < 1.29 is 27.5 Å². The Bertz CT molecular complexity index is 791. The highest BCUT2D eigenvalue weighted by Crippen LogP contribution is 2.34. The van der Waals surface area contributed by atoms with Crippen LogP contribution in [-0.2, 0) is 22.2 Å². The van der Waals surface area contributed by atoms with Crippen LogP contribution in [0.3, 0.4) is 0 Å². The lowest BCUT2D eigenvalue weighted by atomic mass is 10.1. The van der Waals surface area contributed by atoms with Crippen LogP contribution >= 0.6 is 0 Å². The topological polar surface area (TPSA) is 67.4 Å². The van der Waals surface area contributed by atoms with E-state index in [1.54, 1.807) is 18.2 Å². The average Bonchev–Trinajstić information content (AvgIpc) is 2.61. The van der Waals surface area contributed by atoms with Gasteiger partial charge in [-0.15, -0.1) is 0 Å². The molecule has 0 aliphatic carbocycles. The Morgan fingerprint density at radius 2 is 1.65 bits per heavy atom. The van der Waals surface area contributed by atoms with Gasteiger partial charge in [-0.25, -0.2) is 0 Å². The lowest BCUT2D eigenvalue weighted by Gasteiger charge is -2.13. The van der Waals surface area contributed by atoms with E-state index in [1.807, 2.05) is 11.4 Å². The van der Waals surface area contributed by atoms with Gasteiger partial charge in [0.2, 0.25) is 0 Å². The number of ether oxygens (including phenoxy) is 1. The van der Waals surface area contributed by atoms with E-state index in [2.05, 4.69) is 5.32 Å². The zero-order chi connectivity index (χ0) is 19.2. The Kier molecular flexibility index (Phi) is 6.21. The maximum atomic E-state index is 12.9. The van der Waals surface area contributed by atoms with Crippen LogP contribution < -0.4 is 15.4 Å². The van der Waals surface area contributed by atoms with Crippen molar-refractivity contribution in [2.24, 2.45) is 0 Å². The minimum absolute atomic E-state index is 0.132. The van der Waals surface area contributed by atoms with E-state index >= 15 is 0 Å². The van der Waals surface area contributed by atoms with E-state index in [0.29, 0.717) is 12.2 Å². The van der Waals surface area contributed by atoms with Crippen molar-refractivity contribution in [3.63, 3.8) is 0 Å². The molecule has 26 heavy (non-hydrogen) atoms. The van der Waals surface area contributed by atoms with Gasteiger partial charge >= 0.3 is 18.0 Å². The number of anilines is 1. The van der Waals surface area contributed by atoms with Gasteiger partial charge in [-0.2, -0.15) is 13.2 Å². The number of hydrogen-bond donors (Lipinski definition) is 2. The number of amides is 2. The lowest BCUT2D eigenvalue weighted by Crippen LogP contribution is -2.36. The first-order valence-corrected chi connectivity index (χ1v) is 7.70. The number of rotatable bonds is 5. The van der Waals surface area contributed by atoms with Crippen molar-refractivity contribution >= 4 is 17.5 Å². The van der Waals surface area contributed by atoms with Crippen LogP contribution in [0.2, 0.25) is 0 Å². The largest absolute Gasteiger partial charge is 0.496 e. The van der Waals surface area contributed by atoms with E-state index in [-0.39, 0.29) is 6.54 Å². The van der Waals surface area contributed by atoms with Crippen molar-refractivity contribution in [1.82, 2.24) is 5.32 Å². The summed E-state index contributed by atoms with van der Waals surface area (Å²) >= 11 is 0. The molecule has 2 N–H and O–H groups in total. The summed E-state index contributed by atoms with van der Waals surface area (Å²) in [4.78, 5) is 23.7. The van der Waals surface area contributed by atoms with Gasteiger partial charge in [0.15, 0.2) is 0 Å². The molecule has 138 valence electrons. The summed E-state index contributed by atoms with van der Waals surface area (Å²) in [6.45, 7) is 0.132. The summed E-state index contributed by atoms with van der Waals surface area (Å²) in [5.74, 6) is -1.54. The van der Waals surface area contributed by atoms with Crippen LogP contribution in [0.4, 0.5) is 18.9 Å². The van der Waals surface area contributed by atoms with Gasteiger partial charge in [0.05, 0.1) is 18.4 Å². The van der Waals surface area contributed by atoms with Crippen molar-refractivity contribution in [2.45, 2.75) is 12.6 Å². The van der Waals surface area contributed by atoms with E-state index in [9.17, 15) is 22.8 Å². The number of hydrogen-bond acceptors (Lipinski definition) is 3. The molecule has 2 rings (SSSR count). The SMILES string of the molecule is COc1ccccc1CCNC(=O)C(=O)Nc1ccccc1C(F)(F)F. The molecule has 0 saturated heterocycles. The van der Waals surface area contributed by atoms with E-state index in [1.165, 1.54) is 19.2 Å². The Morgan fingerprint density at radius 3 is 2.35 bits per heavy atom. The van der Waals surface area contributed by atoms with Crippen LogP contribution in [-0.4, -0.2) is 25.5 Å². The van der Waals surface area contributed by atoms with Crippen LogP contribution in [0, 0.1) is 0 Å². The quantitative estimate of drug-likeness (QED) is 0.800. The fourth-order valence-corrected chi connectivity index (χ4v) is 2.32. The second-order valence-electron chi connectivity index (χ2n) is 5.32. The highest BCUT2D eigenvalue weighted by atomic mass is 19.4. The van der Waals surface area contributed by atoms with Gasteiger partial charge < -0.3 is 15.4 Å². The molecule has 0 spiro atoms. The third-order valence-corrected chi connectivity index (χ3v) is 3.56. The molecule has 0 saturated carbocycles. The molecule has 0 aliphatic heterocycles. The molecule has 2 aromatic rings. The van der Waals surface area contributed by atoms with E-state index < -0.39 is 29.2 Å². The molecule has 0 aromatic heterocycles. The molecular formula is C18H17F3N2O3. The fraction of sp³-hybridized carbons (Fsp3) is 0.222. The smallest absolute Gasteiger partial charge is 0.418 e. The summed E-state index contributed by atoms with van der Waals surface area (Å²) in [5.41, 5.74) is -0.654. The van der Waals surface area contributed by atoms with Gasteiger partial charge in [-0.3, -0.25) is 9.59 Å². The summed E-state index contributed by atoms with van der Waals surface area (Å²) < 4.78 is 43.9. The van der Waals surface area contributed by atoms with Crippen molar-refractivity contribution in [3.8, 4) is 5.75 Å². The highest BCUT2D eigenvalue weighted by Gasteiger charge is 2.34. The number of halogens is 3. The molecule has 5 nitrogen and oxygen atoms in total. The molecule has 0 radical (unpaired) electrons. The van der Waals surface area contributed by atoms with Crippen molar-refractivity contribution in [2.75, 3.05) is 19.0 Å². The van der Waals surface area contributed by atoms with Crippen LogP contribution in [0.25, 0.3) is 0 Å². The summed E-state index contributed by atoms with van der Waals surface area (Å²) in [5, 5.41) is 4.37. The van der Waals surface area contributed by atoms with Crippen molar-refractivity contribution in [3.05, 3.63) is 59.7 Å². The second kappa shape index (κ2) is 8.37. The first-order chi connectivity index (χ1) is 12.3. The highest BCUT2D eigenvalue weighted by molar-refractivity contribution is 6.39. The van der Waals surface area contributed by atoms with Gasteiger partial charge in [-0.05, 0) is 30.2 Å². The summed E-state index contributed by atoms with van der Waals surface area (Å²) in [7, 11) is 1.52. The predicted octanol–water partition coefficient (Wildman–Crippen LogP) is 3.01. The monoisotopic (exact) mass is 366 g/mol. The Hall–Kier alpha value is -3.03. The Balaban J connectivity index is 1.94. The van der Waals surface area contributed by atoms with Crippen molar-refractivity contribution in [1.29, 1.82) is 0 Å². The van der Waals surface area contributed by atoms with Crippen LogP contribution in [0.5, 0.6) is 5.75 Å². The minimum Gasteiger partial charge on any atom is -0.496 e. The summed E-state index contributed by atoms with van der Waals surface area (Å²) in [6.07, 6.45) is -4.23. The number of alkyl halides is 3. The Labute approximate surface area is 148 Å². The molecule has 0 heterocycles. The number of benzene rings is 2. The third kappa shape index (κ3) is 4.98. The molecule has 8 heteroatoms. The first-order valence-electron chi connectivity index (χ1n) is 7.70. The standard InChI is InChI=1S/C18H17F3N2O3/c1-26-15-9-5-2-6-12(15)10-11-22-16(24)17(25)23-14-8-4-3-7-13(14)18(19,20)21/h2-9H,10-11H2,1H3,(H,22,24)(H,23,25). The number of methoxy groups -OCH3 is 1. The predicted molar refractivity (Wildman–Crippen MR) is 89.8 cm³/mol. The van der Waals surface area contributed by atoms with E-state index in [0.717, 1.165) is 17.7 Å². The molecule has 0 fully saturated rings. The number of para-hydroxylation sites is 2. The molecule has 2 aromatic carbocycles. The van der Waals surface area contributed by atoms with Crippen LogP contribution in [0.1, 0.15) is 11.1 Å². The second-order valence-corrected chi connectivity index (χ2v) is 5.32. The molecule has 0 atom stereocenters. The lowest BCUT2D eigenvalue weighted by molar-refractivity contribution is -0.138. The molecule has 2 amide bonds. The number of nitrogens with one attached hydrogen (secondary N) is 2. The van der Waals surface area contributed by atoms with Gasteiger partial charge in [0.25, 0.3) is 0 Å². The zero-order valence-electron chi connectivity index (χ0n) is 13.9. The van der Waals surface area contributed by atoms with Crippen LogP contribution in [0.15, 0.2) is 48.5 Å². The number of carbonyl (C=O) groups excluding carboxylic acids is 2. The van der Waals surface area contributed by atoms with Gasteiger partial charge in [0, 0.05) is 6.54 Å². The summed E-state index contributed by atoms with van der Waals surface area (Å²) in [6, 6.07) is 11.6. The van der Waals surface area contributed by atoms with Gasteiger partial charge in [0.1, 0.15) is 5.75 Å². The molecule has 0 aliphatic rings. The maximum absolute atomic E-state index is 12.9. The van der Waals surface area contributed by atoms with E-state index in [4.69, 9.17) is 4.74 Å². The maximum Gasteiger partial charge on any atom is 0.418 e. The third-order valence-electron chi connectivity index (χ3n) is 3.56. The average molecular weight is 366 g/mol. The molecular weight excluding hydrogens is 349 g/mol. The first kappa shape index (κ1) is 19.3. The normalized spacial score (nSPS) is 10.9. The minimum atomic E-state index is -4.63. The zero-order valence-corrected chi connectivity index (χ0v) is 13.9. The Morgan fingerprint density at radius 1 is 1.00 bits per heavy atom.